The molecule has 0 radical (unpaired) electrons. The normalized spacial score (nSPS) is 12.2. The SMILES string of the molecule is CNC(=O)c1ccc(CN(CC(=O)NC(=O)Nc2ccc3c(c2)OCCO3)Cc2ccco2)cc1. The number of benzene rings is 2. The van der Waals surface area contributed by atoms with Gasteiger partial charge in [-0.2, -0.15) is 0 Å². The van der Waals surface area contributed by atoms with E-state index in [9.17, 15) is 14.4 Å². The summed E-state index contributed by atoms with van der Waals surface area (Å²) < 4.78 is 16.4. The second kappa shape index (κ2) is 11.2. The molecule has 2 heterocycles. The lowest BCUT2D eigenvalue weighted by molar-refractivity contribution is -0.121. The van der Waals surface area contributed by atoms with Gasteiger partial charge in [0.15, 0.2) is 11.5 Å². The molecule has 0 aliphatic carbocycles. The molecule has 4 amide bonds. The predicted octanol–water partition coefficient (Wildman–Crippen LogP) is 2.76. The molecule has 10 nitrogen and oxygen atoms in total. The Morgan fingerprint density at radius 1 is 0.943 bits per heavy atom. The van der Waals surface area contributed by atoms with Crippen molar-refractivity contribution in [1.29, 1.82) is 0 Å². The number of hydrogen-bond donors (Lipinski definition) is 3. The fourth-order valence-corrected chi connectivity index (χ4v) is 3.61. The molecule has 0 unspecified atom stereocenters. The van der Waals surface area contributed by atoms with Crippen LogP contribution in [0.1, 0.15) is 21.7 Å². The molecule has 0 spiro atoms. The molecule has 0 fully saturated rings. The van der Waals surface area contributed by atoms with E-state index < -0.39 is 11.9 Å². The number of nitrogens with one attached hydrogen (secondary N) is 3. The summed E-state index contributed by atoms with van der Waals surface area (Å²) >= 11 is 0. The van der Waals surface area contributed by atoms with Gasteiger partial charge in [-0.15, -0.1) is 0 Å². The lowest BCUT2D eigenvalue weighted by atomic mass is 10.1. The van der Waals surface area contributed by atoms with Crippen LogP contribution in [0, 0.1) is 0 Å². The zero-order valence-corrected chi connectivity index (χ0v) is 19.2. The summed E-state index contributed by atoms with van der Waals surface area (Å²) in [5.74, 6) is 1.17. The van der Waals surface area contributed by atoms with Gasteiger partial charge in [0, 0.05) is 30.9 Å². The maximum atomic E-state index is 12.6. The van der Waals surface area contributed by atoms with Crippen molar-refractivity contribution in [3.8, 4) is 11.5 Å². The standard InChI is InChI=1S/C25H26N4O6/c1-26-24(31)18-6-4-17(5-7-18)14-29(15-20-3-2-10-33-20)16-23(30)28-25(32)27-19-8-9-21-22(13-19)35-12-11-34-21/h2-10,13H,11-12,14-16H2,1H3,(H,26,31)(H2,27,28,30,32). The average Bonchev–Trinajstić information content (AvgIpc) is 3.36. The lowest BCUT2D eigenvalue weighted by Crippen LogP contribution is -2.41. The molecule has 1 aliphatic heterocycles. The van der Waals surface area contributed by atoms with Crippen LogP contribution in [0.15, 0.2) is 65.3 Å². The number of carbonyl (C=O) groups excluding carboxylic acids is 3. The Labute approximate surface area is 202 Å². The zero-order chi connectivity index (χ0) is 24.6. The quantitative estimate of drug-likeness (QED) is 0.455. The Morgan fingerprint density at radius 3 is 2.43 bits per heavy atom. The summed E-state index contributed by atoms with van der Waals surface area (Å²) in [6.45, 7) is 1.63. The molecule has 2 aromatic carbocycles. The number of rotatable bonds is 8. The molecule has 0 bridgehead atoms. The molecule has 0 saturated heterocycles. The lowest BCUT2D eigenvalue weighted by Gasteiger charge is -2.21. The fourth-order valence-electron chi connectivity index (χ4n) is 3.61. The van der Waals surface area contributed by atoms with Crippen LogP contribution in [0.25, 0.3) is 0 Å². The van der Waals surface area contributed by atoms with E-state index in [1.54, 1.807) is 49.7 Å². The highest BCUT2D eigenvalue weighted by Gasteiger charge is 2.17. The molecule has 1 aromatic heterocycles. The van der Waals surface area contributed by atoms with E-state index in [-0.39, 0.29) is 12.5 Å². The summed E-state index contributed by atoms with van der Waals surface area (Å²) in [6.07, 6.45) is 1.56. The van der Waals surface area contributed by atoms with Crippen molar-refractivity contribution in [1.82, 2.24) is 15.5 Å². The van der Waals surface area contributed by atoms with Crippen molar-refractivity contribution in [2.24, 2.45) is 0 Å². The molecule has 35 heavy (non-hydrogen) atoms. The molecule has 3 aromatic rings. The molecular weight excluding hydrogens is 452 g/mol. The van der Waals surface area contributed by atoms with Crippen LogP contribution in [0.5, 0.6) is 11.5 Å². The predicted molar refractivity (Wildman–Crippen MR) is 127 cm³/mol. The molecule has 3 N–H and O–H groups in total. The van der Waals surface area contributed by atoms with E-state index in [0.717, 1.165) is 5.56 Å². The van der Waals surface area contributed by atoms with Gasteiger partial charge in [0.1, 0.15) is 19.0 Å². The van der Waals surface area contributed by atoms with Gasteiger partial charge in [-0.1, -0.05) is 12.1 Å². The monoisotopic (exact) mass is 478 g/mol. The van der Waals surface area contributed by atoms with Gasteiger partial charge in [-0.3, -0.25) is 19.8 Å². The number of carbonyl (C=O) groups is 3. The highest BCUT2D eigenvalue weighted by atomic mass is 16.6. The average molecular weight is 479 g/mol. The van der Waals surface area contributed by atoms with Crippen LogP contribution in [0.4, 0.5) is 10.5 Å². The molecular formula is C25H26N4O6. The van der Waals surface area contributed by atoms with E-state index >= 15 is 0 Å². The van der Waals surface area contributed by atoms with Gasteiger partial charge in [-0.25, -0.2) is 4.79 Å². The van der Waals surface area contributed by atoms with Gasteiger partial charge >= 0.3 is 6.03 Å². The topological polar surface area (TPSA) is 122 Å². The Kier molecular flexibility index (Phi) is 7.63. The summed E-state index contributed by atoms with van der Waals surface area (Å²) in [5.41, 5.74) is 1.92. The number of urea groups is 1. The number of furan rings is 1. The van der Waals surface area contributed by atoms with E-state index in [1.165, 1.54) is 0 Å². The molecule has 0 saturated carbocycles. The number of nitrogens with zero attached hydrogens (tertiary/aromatic N) is 1. The number of amides is 4. The van der Waals surface area contributed by atoms with Crippen LogP contribution >= 0.6 is 0 Å². The first kappa shape index (κ1) is 23.8. The number of fused-ring (bicyclic) bond motifs is 1. The smallest absolute Gasteiger partial charge is 0.325 e. The highest BCUT2D eigenvalue weighted by Crippen LogP contribution is 2.32. The van der Waals surface area contributed by atoms with Gasteiger partial charge in [0.2, 0.25) is 5.91 Å². The second-order valence-corrected chi connectivity index (χ2v) is 7.86. The number of ether oxygens (including phenoxy) is 2. The van der Waals surface area contributed by atoms with E-state index in [2.05, 4.69) is 16.0 Å². The maximum Gasteiger partial charge on any atom is 0.325 e. The zero-order valence-electron chi connectivity index (χ0n) is 19.2. The van der Waals surface area contributed by atoms with Gasteiger partial charge in [-0.05, 0) is 42.0 Å². The minimum Gasteiger partial charge on any atom is -0.486 e. The second-order valence-electron chi connectivity index (χ2n) is 7.86. The van der Waals surface area contributed by atoms with Crippen molar-refractivity contribution in [3.05, 3.63) is 77.7 Å². The summed E-state index contributed by atoms with van der Waals surface area (Å²) in [4.78, 5) is 38.6. The molecule has 10 heteroatoms. The van der Waals surface area contributed by atoms with Crippen LogP contribution < -0.4 is 25.4 Å². The largest absolute Gasteiger partial charge is 0.486 e. The first-order chi connectivity index (χ1) is 17.0. The minimum absolute atomic E-state index is 0.0492. The van der Waals surface area contributed by atoms with Gasteiger partial charge in [0.25, 0.3) is 5.91 Å². The number of anilines is 1. The Balaban J connectivity index is 1.36. The van der Waals surface area contributed by atoms with Crippen LogP contribution in [-0.4, -0.2) is 49.6 Å². The van der Waals surface area contributed by atoms with E-state index in [1.807, 2.05) is 23.1 Å². The molecule has 182 valence electrons. The van der Waals surface area contributed by atoms with E-state index in [4.69, 9.17) is 13.9 Å². The molecule has 4 rings (SSSR count). The van der Waals surface area contributed by atoms with Crippen LogP contribution in [0.2, 0.25) is 0 Å². The Hall–Kier alpha value is -4.31. The number of imide groups is 1. The van der Waals surface area contributed by atoms with Gasteiger partial charge in [0.05, 0.1) is 19.4 Å². The van der Waals surface area contributed by atoms with Crippen LogP contribution in [0.3, 0.4) is 0 Å². The van der Waals surface area contributed by atoms with Crippen molar-refractivity contribution in [2.45, 2.75) is 13.1 Å². The van der Waals surface area contributed by atoms with Gasteiger partial charge < -0.3 is 24.5 Å². The molecule has 1 aliphatic rings. The van der Waals surface area contributed by atoms with Crippen LogP contribution in [-0.2, 0) is 17.9 Å². The third kappa shape index (κ3) is 6.61. The highest BCUT2D eigenvalue weighted by molar-refractivity contribution is 6.01. The van der Waals surface area contributed by atoms with Crippen molar-refractivity contribution in [3.63, 3.8) is 0 Å². The Bertz CT molecular complexity index is 1180. The third-order valence-corrected chi connectivity index (χ3v) is 5.23. The first-order valence-electron chi connectivity index (χ1n) is 11.1. The summed E-state index contributed by atoms with van der Waals surface area (Å²) in [7, 11) is 1.57. The summed E-state index contributed by atoms with van der Waals surface area (Å²) in [6, 6.07) is 15.0. The Morgan fingerprint density at radius 2 is 1.71 bits per heavy atom. The summed E-state index contributed by atoms with van der Waals surface area (Å²) in [5, 5.41) is 7.56. The van der Waals surface area contributed by atoms with Crippen molar-refractivity contribution >= 4 is 23.5 Å². The van der Waals surface area contributed by atoms with Crippen molar-refractivity contribution < 1.29 is 28.3 Å². The number of hydrogen-bond acceptors (Lipinski definition) is 7. The fraction of sp³-hybridized carbons (Fsp3) is 0.240. The maximum absolute atomic E-state index is 12.6. The van der Waals surface area contributed by atoms with E-state index in [0.29, 0.717) is 54.8 Å². The molecule has 0 atom stereocenters. The third-order valence-electron chi connectivity index (χ3n) is 5.23. The first-order valence-corrected chi connectivity index (χ1v) is 11.1. The minimum atomic E-state index is -0.653. The van der Waals surface area contributed by atoms with Crippen molar-refractivity contribution in [2.75, 3.05) is 32.1 Å².